The summed E-state index contributed by atoms with van der Waals surface area (Å²) in [7, 11) is 1.68. The molecule has 2 amide bonds. The topological polar surface area (TPSA) is 52.7 Å². The summed E-state index contributed by atoms with van der Waals surface area (Å²) in [6.07, 6.45) is 0.889. The molecule has 1 aromatic carbocycles. The van der Waals surface area contributed by atoms with Gasteiger partial charge in [-0.25, -0.2) is 0 Å². The molecule has 0 aromatic heterocycles. The molecule has 114 valence electrons. The zero-order chi connectivity index (χ0) is 15.2. The van der Waals surface area contributed by atoms with E-state index in [9.17, 15) is 9.59 Å². The molecule has 1 N–H and O–H groups in total. The molecular weight excluding hydrogens is 266 g/mol. The first-order valence-corrected chi connectivity index (χ1v) is 7.38. The summed E-state index contributed by atoms with van der Waals surface area (Å²) in [5, 5.41) is 3.23. The van der Waals surface area contributed by atoms with Crippen molar-refractivity contribution in [3.05, 3.63) is 35.4 Å². The lowest BCUT2D eigenvalue weighted by molar-refractivity contribution is -0.151. The van der Waals surface area contributed by atoms with Crippen LogP contribution in [-0.2, 0) is 16.1 Å². The van der Waals surface area contributed by atoms with E-state index in [-0.39, 0.29) is 0 Å². The van der Waals surface area contributed by atoms with Crippen LogP contribution in [0.15, 0.2) is 24.3 Å². The highest BCUT2D eigenvalue weighted by Crippen LogP contribution is 2.08. The van der Waals surface area contributed by atoms with Crippen molar-refractivity contribution in [3.63, 3.8) is 0 Å². The Balaban J connectivity index is 1.96. The summed E-state index contributed by atoms with van der Waals surface area (Å²) in [6.45, 7) is 5.37. The van der Waals surface area contributed by atoms with E-state index in [1.54, 1.807) is 11.9 Å². The molecule has 0 saturated carbocycles. The lowest BCUT2D eigenvalue weighted by Gasteiger charge is -2.23. The summed E-state index contributed by atoms with van der Waals surface area (Å²) in [5.41, 5.74) is 2.19. The number of nitrogens with one attached hydrogen (secondary N) is 1. The first-order valence-electron chi connectivity index (χ1n) is 7.38. The molecule has 5 nitrogen and oxygen atoms in total. The molecule has 1 saturated heterocycles. The van der Waals surface area contributed by atoms with Crippen LogP contribution in [0.3, 0.4) is 0 Å². The summed E-state index contributed by atoms with van der Waals surface area (Å²) in [5.74, 6) is -0.827. The van der Waals surface area contributed by atoms with Crippen molar-refractivity contribution in [2.75, 3.05) is 33.2 Å². The maximum Gasteiger partial charge on any atom is 0.312 e. The third-order valence-corrected chi connectivity index (χ3v) is 3.66. The SMILES string of the molecule is Cc1cccc(CN(C)C(=O)C(=O)N2CCCNCC2)c1. The number of carbonyl (C=O) groups is 2. The van der Waals surface area contributed by atoms with Gasteiger partial charge in [-0.3, -0.25) is 9.59 Å². The fraction of sp³-hybridized carbons (Fsp3) is 0.500. The van der Waals surface area contributed by atoms with Crippen LogP contribution in [-0.4, -0.2) is 54.8 Å². The Kier molecular flexibility index (Phi) is 5.33. The number of nitrogens with zero attached hydrogens (tertiary/aromatic N) is 2. The van der Waals surface area contributed by atoms with Gasteiger partial charge in [0.25, 0.3) is 0 Å². The molecule has 21 heavy (non-hydrogen) atoms. The number of amides is 2. The number of hydrogen-bond acceptors (Lipinski definition) is 3. The Bertz CT molecular complexity index is 508. The standard InChI is InChI=1S/C16H23N3O2/c1-13-5-3-6-14(11-13)12-18(2)15(20)16(21)19-9-4-7-17-8-10-19/h3,5-6,11,17H,4,7-10,12H2,1-2H3. The van der Waals surface area contributed by atoms with Crippen molar-refractivity contribution >= 4 is 11.8 Å². The van der Waals surface area contributed by atoms with E-state index in [4.69, 9.17) is 0 Å². The van der Waals surface area contributed by atoms with Crippen molar-refractivity contribution in [1.82, 2.24) is 15.1 Å². The molecule has 1 aliphatic heterocycles. The van der Waals surface area contributed by atoms with Crippen LogP contribution in [0, 0.1) is 6.92 Å². The van der Waals surface area contributed by atoms with Gasteiger partial charge < -0.3 is 15.1 Å². The van der Waals surface area contributed by atoms with Crippen LogP contribution in [0.5, 0.6) is 0 Å². The van der Waals surface area contributed by atoms with Crippen LogP contribution in [0.4, 0.5) is 0 Å². The smallest absolute Gasteiger partial charge is 0.312 e. The van der Waals surface area contributed by atoms with E-state index in [1.165, 1.54) is 4.90 Å². The highest BCUT2D eigenvalue weighted by Gasteiger charge is 2.25. The van der Waals surface area contributed by atoms with E-state index in [0.717, 1.165) is 30.6 Å². The van der Waals surface area contributed by atoms with Gasteiger partial charge in [0.2, 0.25) is 0 Å². The zero-order valence-corrected chi connectivity index (χ0v) is 12.8. The molecule has 1 fully saturated rings. The van der Waals surface area contributed by atoms with Crippen molar-refractivity contribution < 1.29 is 9.59 Å². The van der Waals surface area contributed by atoms with Crippen LogP contribution in [0.25, 0.3) is 0 Å². The zero-order valence-electron chi connectivity index (χ0n) is 12.8. The van der Waals surface area contributed by atoms with Gasteiger partial charge in [0, 0.05) is 33.2 Å². The normalized spacial score (nSPS) is 15.4. The Morgan fingerprint density at radius 3 is 2.86 bits per heavy atom. The Morgan fingerprint density at radius 2 is 2.10 bits per heavy atom. The van der Waals surface area contributed by atoms with Crippen molar-refractivity contribution in [2.45, 2.75) is 19.9 Å². The summed E-state index contributed by atoms with van der Waals surface area (Å²) in [4.78, 5) is 27.7. The number of hydrogen-bond donors (Lipinski definition) is 1. The monoisotopic (exact) mass is 289 g/mol. The second kappa shape index (κ2) is 7.22. The van der Waals surface area contributed by atoms with Crippen LogP contribution in [0.1, 0.15) is 17.5 Å². The van der Waals surface area contributed by atoms with E-state index in [2.05, 4.69) is 5.32 Å². The van der Waals surface area contributed by atoms with Crippen LogP contribution in [0.2, 0.25) is 0 Å². The molecular formula is C16H23N3O2. The molecule has 0 unspecified atom stereocenters. The summed E-state index contributed by atoms with van der Waals surface area (Å²) < 4.78 is 0. The van der Waals surface area contributed by atoms with Crippen molar-refractivity contribution in [3.8, 4) is 0 Å². The molecule has 2 rings (SSSR count). The second-order valence-corrected chi connectivity index (χ2v) is 5.55. The minimum absolute atomic E-state index is 0.395. The van der Waals surface area contributed by atoms with Crippen LogP contribution < -0.4 is 5.32 Å². The minimum atomic E-state index is -0.432. The molecule has 1 aliphatic rings. The third-order valence-electron chi connectivity index (χ3n) is 3.66. The number of likely N-dealkylation sites (N-methyl/N-ethyl adjacent to an activating group) is 1. The van der Waals surface area contributed by atoms with E-state index >= 15 is 0 Å². The highest BCUT2D eigenvalue weighted by atomic mass is 16.2. The predicted molar refractivity (Wildman–Crippen MR) is 81.7 cm³/mol. The Morgan fingerprint density at radius 1 is 1.29 bits per heavy atom. The minimum Gasteiger partial charge on any atom is -0.333 e. The maximum absolute atomic E-state index is 12.3. The molecule has 1 heterocycles. The second-order valence-electron chi connectivity index (χ2n) is 5.55. The van der Waals surface area contributed by atoms with Gasteiger partial charge in [0.05, 0.1) is 0 Å². The van der Waals surface area contributed by atoms with Gasteiger partial charge in [-0.15, -0.1) is 0 Å². The molecule has 0 aliphatic carbocycles. The molecule has 1 aromatic rings. The Hall–Kier alpha value is -1.88. The summed E-state index contributed by atoms with van der Waals surface area (Å²) >= 11 is 0. The molecule has 0 radical (unpaired) electrons. The van der Waals surface area contributed by atoms with Gasteiger partial charge in [-0.1, -0.05) is 29.8 Å². The first-order chi connectivity index (χ1) is 10.1. The number of benzene rings is 1. The highest BCUT2D eigenvalue weighted by molar-refractivity contribution is 6.34. The molecule has 0 bridgehead atoms. The van der Waals surface area contributed by atoms with Crippen molar-refractivity contribution in [2.24, 2.45) is 0 Å². The van der Waals surface area contributed by atoms with Gasteiger partial charge in [-0.05, 0) is 25.5 Å². The Labute approximate surface area is 125 Å². The fourth-order valence-corrected chi connectivity index (χ4v) is 2.50. The van der Waals surface area contributed by atoms with E-state index in [0.29, 0.717) is 19.6 Å². The molecule has 0 spiro atoms. The average molecular weight is 289 g/mol. The summed E-state index contributed by atoms with van der Waals surface area (Å²) in [6, 6.07) is 7.98. The van der Waals surface area contributed by atoms with Gasteiger partial charge in [-0.2, -0.15) is 0 Å². The van der Waals surface area contributed by atoms with Gasteiger partial charge in [0.15, 0.2) is 0 Å². The number of carbonyl (C=O) groups excluding carboxylic acids is 2. The average Bonchev–Trinajstić information content (AvgIpc) is 2.74. The van der Waals surface area contributed by atoms with E-state index < -0.39 is 11.8 Å². The molecule has 0 atom stereocenters. The van der Waals surface area contributed by atoms with E-state index in [1.807, 2.05) is 31.2 Å². The number of aryl methyl sites for hydroxylation is 1. The van der Waals surface area contributed by atoms with Crippen molar-refractivity contribution in [1.29, 1.82) is 0 Å². The third kappa shape index (κ3) is 4.29. The first kappa shape index (κ1) is 15.5. The van der Waals surface area contributed by atoms with Gasteiger partial charge >= 0.3 is 11.8 Å². The lowest BCUT2D eigenvalue weighted by atomic mass is 10.1. The quantitative estimate of drug-likeness (QED) is 0.819. The largest absolute Gasteiger partial charge is 0.333 e. The van der Waals surface area contributed by atoms with Crippen LogP contribution >= 0.6 is 0 Å². The maximum atomic E-state index is 12.3. The molecule has 5 heteroatoms. The fourth-order valence-electron chi connectivity index (χ4n) is 2.50. The van der Waals surface area contributed by atoms with Gasteiger partial charge in [0.1, 0.15) is 0 Å². The predicted octanol–water partition coefficient (Wildman–Crippen LogP) is 0.775. The number of rotatable bonds is 2. The lowest BCUT2D eigenvalue weighted by Crippen LogP contribution is -2.44.